The third kappa shape index (κ3) is 5.10. The standard InChI is InChI=1S/C18H21N5O9S/c24-9-8-21-6-7-22(17(28)16(21)27)18(29)20-13(11-4-2-1-3-5-11)14(25)19-12-10-23(15(12)26)33(30,31)32/h1-5,12-13,24H,6-10H2,(H,19,25)(H,20,29)(H,30,31,32). The molecule has 2 heterocycles. The molecule has 2 atom stereocenters. The van der Waals surface area contributed by atoms with Crippen molar-refractivity contribution in [2.45, 2.75) is 12.1 Å². The fourth-order valence-electron chi connectivity index (χ4n) is 3.32. The number of aliphatic hydroxyl groups is 1. The minimum absolute atomic E-state index is 0.00278. The van der Waals surface area contributed by atoms with E-state index in [0.29, 0.717) is 10.5 Å². The van der Waals surface area contributed by atoms with Gasteiger partial charge in [0.15, 0.2) is 0 Å². The zero-order chi connectivity index (χ0) is 24.3. The Hall–Kier alpha value is -3.56. The number of benzene rings is 1. The van der Waals surface area contributed by atoms with Crippen LogP contribution in [0.4, 0.5) is 4.79 Å². The lowest BCUT2D eigenvalue weighted by atomic mass is 10.0. The average Bonchev–Trinajstić information content (AvgIpc) is 2.77. The number of hydrogen-bond acceptors (Lipinski definition) is 8. The highest BCUT2D eigenvalue weighted by molar-refractivity contribution is 7.84. The van der Waals surface area contributed by atoms with Gasteiger partial charge in [0.05, 0.1) is 13.2 Å². The monoisotopic (exact) mass is 483 g/mol. The molecule has 2 aliphatic heterocycles. The summed E-state index contributed by atoms with van der Waals surface area (Å²) < 4.78 is 31.2. The second-order valence-electron chi connectivity index (χ2n) is 7.17. The first-order chi connectivity index (χ1) is 15.5. The van der Waals surface area contributed by atoms with Crippen LogP contribution in [-0.4, -0.2) is 101 Å². The molecule has 0 radical (unpaired) electrons. The van der Waals surface area contributed by atoms with Crippen LogP contribution in [0.1, 0.15) is 11.6 Å². The van der Waals surface area contributed by atoms with Crippen molar-refractivity contribution in [3.05, 3.63) is 35.9 Å². The van der Waals surface area contributed by atoms with Crippen LogP contribution in [0.5, 0.6) is 0 Å². The van der Waals surface area contributed by atoms with Crippen LogP contribution in [0.15, 0.2) is 30.3 Å². The molecule has 3 rings (SSSR count). The first kappa shape index (κ1) is 24.1. The van der Waals surface area contributed by atoms with Crippen LogP contribution in [0.2, 0.25) is 0 Å². The van der Waals surface area contributed by atoms with Crippen molar-refractivity contribution >= 4 is 40.0 Å². The fraction of sp³-hybridized carbons (Fsp3) is 0.389. The van der Waals surface area contributed by atoms with Crippen LogP contribution < -0.4 is 10.6 Å². The van der Waals surface area contributed by atoms with Crippen LogP contribution in [0, 0.1) is 0 Å². The molecular weight excluding hydrogens is 462 g/mol. The quantitative estimate of drug-likeness (QED) is 0.180. The SMILES string of the molecule is O=C(NC1CN(S(=O)(=O)O)C1=O)C(NC(=O)N1CCN(CCO)C(=O)C1=O)c1ccccc1. The molecular formula is C18H21N5O9S. The van der Waals surface area contributed by atoms with Gasteiger partial charge in [-0.15, -0.1) is 0 Å². The summed E-state index contributed by atoms with van der Waals surface area (Å²) in [5.41, 5.74) is 0.291. The highest BCUT2D eigenvalue weighted by Gasteiger charge is 2.45. The van der Waals surface area contributed by atoms with Gasteiger partial charge in [0, 0.05) is 19.6 Å². The number of urea groups is 1. The van der Waals surface area contributed by atoms with Crippen LogP contribution in [-0.2, 0) is 29.5 Å². The molecule has 0 aromatic heterocycles. The molecule has 15 heteroatoms. The fourth-order valence-corrected chi connectivity index (χ4v) is 4.01. The van der Waals surface area contributed by atoms with Crippen LogP contribution in [0.3, 0.4) is 0 Å². The van der Waals surface area contributed by atoms with E-state index in [0.717, 1.165) is 4.90 Å². The largest absolute Gasteiger partial charge is 0.395 e. The van der Waals surface area contributed by atoms with Crippen molar-refractivity contribution in [3.63, 3.8) is 0 Å². The summed E-state index contributed by atoms with van der Waals surface area (Å²) in [5, 5.41) is 13.6. The van der Waals surface area contributed by atoms with Gasteiger partial charge in [-0.05, 0) is 5.56 Å². The number of rotatable bonds is 7. The van der Waals surface area contributed by atoms with E-state index in [1.165, 1.54) is 12.1 Å². The van der Waals surface area contributed by atoms with Gasteiger partial charge < -0.3 is 20.6 Å². The maximum Gasteiger partial charge on any atom is 0.362 e. The number of carbonyl (C=O) groups is 5. The summed E-state index contributed by atoms with van der Waals surface area (Å²) in [6.07, 6.45) is 0. The van der Waals surface area contributed by atoms with Gasteiger partial charge in [-0.3, -0.25) is 28.6 Å². The molecule has 0 saturated carbocycles. The molecule has 6 amide bonds. The molecule has 1 aromatic rings. The number of piperazine rings is 1. The molecule has 14 nitrogen and oxygen atoms in total. The first-order valence-electron chi connectivity index (χ1n) is 9.71. The molecule has 1 aromatic carbocycles. The lowest BCUT2D eigenvalue weighted by Crippen LogP contribution is -2.66. The number of hydrogen-bond donors (Lipinski definition) is 4. The number of β-lactam (4-membered cyclic amide) rings is 1. The maximum atomic E-state index is 12.8. The van der Waals surface area contributed by atoms with E-state index >= 15 is 0 Å². The van der Waals surface area contributed by atoms with E-state index < -0.39 is 58.6 Å². The Morgan fingerprint density at radius 2 is 1.76 bits per heavy atom. The van der Waals surface area contributed by atoms with Gasteiger partial charge in [0.1, 0.15) is 12.1 Å². The van der Waals surface area contributed by atoms with Crippen molar-refractivity contribution in [1.29, 1.82) is 0 Å². The Balaban J connectivity index is 1.72. The second kappa shape index (κ2) is 9.51. The van der Waals surface area contributed by atoms with Gasteiger partial charge >= 0.3 is 28.1 Å². The minimum atomic E-state index is -4.74. The molecule has 0 bridgehead atoms. The van der Waals surface area contributed by atoms with E-state index in [1.807, 2.05) is 0 Å². The Morgan fingerprint density at radius 3 is 2.33 bits per heavy atom. The molecule has 2 unspecified atom stereocenters. The molecule has 0 spiro atoms. The smallest absolute Gasteiger partial charge is 0.362 e. The van der Waals surface area contributed by atoms with Gasteiger partial charge in [-0.1, -0.05) is 30.3 Å². The number of aliphatic hydroxyl groups excluding tert-OH is 1. The Labute approximate surface area is 188 Å². The minimum Gasteiger partial charge on any atom is -0.395 e. The summed E-state index contributed by atoms with van der Waals surface area (Å²) in [4.78, 5) is 63.6. The normalized spacial score (nSPS) is 19.8. The van der Waals surface area contributed by atoms with Gasteiger partial charge in [-0.2, -0.15) is 8.42 Å². The van der Waals surface area contributed by atoms with E-state index in [2.05, 4.69) is 10.6 Å². The molecule has 33 heavy (non-hydrogen) atoms. The van der Waals surface area contributed by atoms with E-state index in [-0.39, 0.29) is 30.5 Å². The first-order valence-corrected chi connectivity index (χ1v) is 11.1. The molecule has 2 fully saturated rings. The summed E-state index contributed by atoms with van der Waals surface area (Å²) in [7, 11) is -4.74. The highest BCUT2D eigenvalue weighted by Crippen LogP contribution is 2.18. The number of nitrogens with zero attached hydrogens (tertiary/aromatic N) is 3. The van der Waals surface area contributed by atoms with Crippen molar-refractivity contribution in [3.8, 4) is 0 Å². The molecule has 178 valence electrons. The number of β-amino-alcohol motifs (C(OH)–C–C–N with tert-alkyl or cyclic N) is 1. The van der Waals surface area contributed by atoms with Crippen molar-refractivity contribution in [1.82, 2.24) is 24.7 Å². The summed E-state index contributed by atoms with van der Waals surface area (Å²) >= 11 is 0. The number of amides is 6. The van der Waals surface area contributed by atoms with Gasteiger partial charge in [-0.25, -0.2) is 9.10 Å². The van der Waals surface area contributed by atoms with Crippen LogP contribution in [0.25, 0.3) is 0 Å². The molecule has 4 N–H and O–H groups in total. The lowest BCUT2D eigenvalue weighted by molar-refractivity contribution is -0.154. The van der Waals surface area contributed by atoms with E-state index in [9.17, 15) is 32.4 Å². The Bertz CT molecular complexity index is 1080. The third-order valence-electron chi connectivity index (χ3n) is 5.07. The zero-order valence-electron chi connectivity index (χ0n) is 17.1. The lowest BCUT2D eigenvalue weighted by Gasteiger charge is -2.36. The summed E-state index contributed by atoms with van der Waals surface area (Å²) in [6, 6.07) is 4.17. The van der Waals surface area contributed by atoms with E-state index in [1.54, 1.807) is 18.2 Å². The molecule has 0 aliphatic carbocycles. The number of imide groups is 1. The van der Waals surface area contributed by atoms with E-state index in [4.69, 9.17) is 9.66 Å². The van der Waals surface area contributed by atoms with Crippen molar-refractivity contribution < 1.29 is 42.0 Å². The van der Waals surface area contributed by atoms with Gasteiger partial charge in [0.25, 0.3) is 5.91 Å². The average molecular weight is 483 g/mol. The zero-order valence-corrected chi connectivity index (χ0v) is 17.9. The maximum absolute atomic E-state index is 12.8. The Kier molecular flexibility index (Phi) is 6.95. The number of carbonyl (C=O) groups excluding carboxylic acids is 5. The second-order valence-corrected chi connectivity index (χ2v) is 8.51. The van der Waals surface area contributed by atoms with Crippen molar-refractivity contribution in [2.75, 3.05) is 32.8 Å². The molecule has 2 saturated heterocycles. The summed E-state index contributed by atoms with van der Waals surface area (Å²) in [6.45, 7) is -1.06. The van der Waals surface area contributed by atoms with Crippen LogP contribution >= 0.6 is 0 Å². The molecule has 2 aliphatic rings. The highest BCUT2D eigenvalue weighted by atomic mass is 32.2. The predicted octanol–water partition coefficient (Wildman–Crippen LogP) is -2.77. The third-order valence-corrected chi connectivity index (χ3v) is 5.96. The Morgan fingerprint density at radius 1 is 1.09 bits per heavy atom. The van der Waals surface area contributed by atoms with Crippen molar-refractivity contribution in [2.24, 2.45) is 0 Å². The number of nitrogens with one attached hydrogen (secondary N) is 2. The summed E-state index contributed by atoms with van der Waals surface area (Å²) in [5.74, 6) is -4.03. The predicted molar refractivity (Wildman–Crippen MR) is 108 cm³/mol. The topological polar surface area (TPSA) is 194 Å². The van der Waals surface area contributed by atoms with Gasteiger partial charge in [0.2, 0.25) is 5.91 Å².